The van der Waals surface area contributed by atoms with Gasteiger partial charge in [-0.2, -0.15) is 0 Å². The fraction of sp³-hybridized carbons (Fsp3) is 0.429. The van der Waals surface area contributed by atoms with E-state index in [1.54, 1.807) is 43.0 Å². The van der Waals surface area contributed by atoms with Crippen LogP contribution in [0.2, 0.25) is 0 Å². The van der Waals surface area contributed by atoms with Crippen LogP contribution in [0.15, 0.2) is 65.9 Å². The molecule has 1 aliphatic carbocycles. The third kappa shape index (κ3) is 6.32. The monoisotopic (exact) mass is 609 g/mol. The van der Waals surface area contributed by atoms with Crippen molar-refractivity contribution in [3.05, 3.63) is 94.6 Å². The van der Waals surface area contributed by atoms with Gasteiger partial charge in [0.2, 0.25) is 0 Å². The van der Waals surface area contributed by atoms with Gasteiger partial charge in [-0.05, 0) is 60.4 Å². The number of aliphatic carboxylic acids is 1. The van der Waals surface area contributed by atoms with Gasteiger partial charge in [0.25, 0.3) is 11.8 Å². The highest BCUT2D eigenvalue weighted by Gasteiger charge is 2.51. The van der Waals surface area contributed by atoms with E-state index in [1.807, 2.05) is 48.5 Å². The predicted molar refractivity (Wildman–Crippen MR) is 168 cm³/mol. The summed E-state index contributed by atoms with van der Waals surface area (Å²) in [5.74, 6) is -0.472. The van der Waals surface area contributed by atoms with Gasteiger partial charge in [0, 0.05) is 29.3 Å². The van der Waals surface area contributed by atoms with Crippen LogP contribution in [-0.4, -0.2) is 43.5 Å². The molecule has 1 aromatic heterocycles. The van der Waals surface area contributed by atoms with Crippen molar-refractivity contribution in [2.24, 2.45) is 22.1 Å². The Morgan fingerprint density at radius 1 is 1.04 bits per heavy atom. The zero-order chi connectivity index (χ0) is 32.5. The number of benzene rings is 2. The van der Waals surface area contributed by atoms with Gasteiger partial charge in [-0.1, -0.05) is 71.0 Å². The minimum atomic E-state index is -1.02. The molecule has 3 aliphatic rings. The van der Waals surface area contributed by atoms with E-state index >= 15 is 0 Å². The van der Waals surface area contributed by atoms with Crippen molar-refractivity contribution in [2.75, 3.05) is 0 Å². The average Bonchev–Trinajstić information content (AvgIpc) is 3.69. The molecule has 10 heteroatoms. The van der Waals surface area contributed by atoms with E-state index in [1.165, 1.54) is 0 Å². The van der Waals surface area contributed by atoms with E-state index in [4.69, 9.17) is 10.7 Å². The maximum atomic E-state index is 14.2. The second-order valence-electron chi connectivity index (χ2n) is 13.4. The van der Waals surface area contributed by atoms with Gasteiger partial charge >= 0.3 is 0 Å². The third-order valence-corrected chi connectivity index (χ3v) is 8.65. The average molecular weight is 610 g/mol. The van der Waals surface area contributed by atoms with Crippen LogP contribution in [0.25, 0.3) is 0 Å². The van der Waals surface area contributed by atoms with Crippen molar-refractivity contribution in [1.29, 1.82) is 0 Å². The van der Waals surface area contributed by atoms with E-state index in [-0.39, 0.29) is 23.8 Å². The van der Waals surface area contributed by atoms with Crippen LogP contribution < -0.4 is 10.8 Å². The number of hydrogen-bond acceptors (Lipinski definition) is 8. The first-order valence-electron chi connectivity index (χ1n) is 15.5. The topological polar surface area (TPSA) is 145 Å². The molecule has 0 fully saturated rings. The second-order valence-corrected chi connectivity index (χ2v) is 13.4. The molecule has 236 valence electrons. The van der Waals surface area contributed by atoms with Crippen molar-refractivity contribution in [1.82, 2.24) is 19.8 Å². The number of amides is 2. The molecule has 3 heterocycles. The number of carbonyl (C=O) groups excluding carboxylic acids is 3. The maximum absolute atomic E-state index is 14.2. The van der Waals surface area contributed by atoms with Gasteiger partial charge in [0.1, 0.15) is 0 Å². The summed E-state index contributed by atoms with van der Waals surface area (Å²) in [5.41, 5.74) is 10.1. The first-order chi connectivity index (χ1) is 21.3. The summed E-state index contributed by atoms with van der Waals surface area (Å²) < 4.78 is 0. The molecule has 0 saturated heterocycles. The van der Waals surface area contributed by atoms with Crippen molar-refractivity contribution in [3.63, 3.8) is 0 Å². The van der Waals surface area contributed by atoms with Gasteiger partial charge in [0.15, 0.2) is 11.5 Å². The molecule has 0 unspecified atom stereocenters. The molecular formula is C35H41N6O4-. The minimum Gasteiger partial charge on any atom is -0.550 e. The van der Waals surface area contributed by atoms with Gasteiger partial charge in [-0.25, -0.2) is 4.99 Å². The lowest BCUT2D eigenvalue weighted by Crippen LogP contribution is -2.44. The minimum absolute atomic E-state index is 0.0665. The zero-order valence-corrected chi connectivity index (χ0v) is 26.6. The molecule has 3 aromatic rings. The van der Waals surface area contributed by atoms with E-state index in [0.29, 0.717) is 31.0 Å². The number of aliphatic imine (C=N–C) groups is 1. The van der Waals surface area contributed by atoms with Gasteiger partial charge in [-0.3, -0.25) is 24.5 Å². The van der Waals surface area contributed by atoms with Crippen molar-refractivity contribution < 1.29 is 19.5 Å². The molecule has 0 radical (unpaired) electrons. The van der Waals surface area contributed by atoms with Gasteiger partial charge in [-0.15, -0.1) is 0 Å². The number of carbonyl (C=O) groups is 3. The third-order valence-electron chi connectivity index (χ3n) is 8.65. The lowest BCUT2D eigenvalue weighted by atomic mass is 9.83. The SMILES string of the molecule is CC(C)(C)C(=O)[O-].CC(C)CC[C@]1(c2ccccc2)N=C(N)N([C@@H]2CCc3ccc(C(=O)N4Cc5nccnc5C4)cc32)C1=O. The molecule has 6 rings (SSSR count). The summed E-state index contributed by atoms with van der Waals surface area (Å²) in [4.78, 5) is 54.6. The largest absolute Gasteiger partial charge is 0.550 e. The summed E-state index contributed by atoms with van der Waals surface area (Å²) in [6.45, 7) is 10.00. The Labute approximate surface area is 264 Å². The number of aromatic nitrogens is 2. The number of nitrogens with zero attached hydrogens (tertiary/aromatic N) is 5. The van der Waals surface area contributed by atoms with Crippen molar-refractivity contribution in [2.45, 2.75) is 85.0 Å². The number of fused-ring (bicyclic) bond motifs is 2. The van der Waals surface area contributed by atoms with E-state index in [0.717, 1.165) is 47.3 Å². The molecule has 2 N–H and O–H groups in total. The molecule has 2 amide bonds. The number of carboxylic acids is 1. The van der Waals surface area contributed by atoms with Crippen LogP contribution in [0.1, 0.15) is 98.4 Å². The Kier molecular flexibility index (Phi) is 8.78. The fourth-order valence-electron chi connectivity index (χ4n) is 5.99. The maximum Gasteiger partial charge on any atom is 0.262 e. The molecule has 0 saturated carbocycles. The van der Waals surface area contributed by atoms with Gasteiger partial charge in [0.05, 0.1) is 30.5 Å². The Balaban J connectivity index is 0.000000515. The highest BCUT2D eigenvalue weighted by molar-refractivity contribution is 6.07. The van der Waals surface area contributed by atoms with Crippen LogP contribution in [0, 0.1) is 11.3 Å². The van der Waals surface area contributed by atoms with Crippen LogP contribution in [0.5, 0.6) is 0 Å². The Bertz CT molecular complexity index is 1610. The lowest BCUT2D eigenvalue weighted by Gasteiger charge is -2.30. The van der Waals surface area contributed by atoms with E-state index in [9.17, 15) is 19.5 Å². The predicted octanol–water partition coefficient (Wildman–Crippen LogP) is 3.89. The standard InChI is InChI=1S/C30H32N6O2.C5H10O2/c1-19(2)12-13-30(22-6-4-3-5-7-22)28(38)36(29(31)34-30)26-11-10-20-8-9-21(16-23(20)26)27(37)35-17-24-25(18-35)33-15-14-32-24;1-5(2,3)4(6)7/h3-9,14-16,19,26H,10-13,17-18H2,1-2H3,(H2,31,34);1-3H3,(H,6,7)/p-1/t26-,30-;/m1./s1. The summed E-state index contributed by atoms with van der Waals surface area (Å²) >= 11 is 0. The Morgan fingerprint density at radius 3 is 2.24 bits per heavy atom. The van der Waals surface area contributed by atoms with Crippen molar-refractivity contribution in [3.8, 4) is 0 Å². The lowest BCUT2D eigenvalue weighted by molar-refractivity contribution is -0.316. The second kappa shape index (κ2) is 12.4. The first-order valence-corrected chi connectivity index (χ1v) is 15.5. The molecule has 2 atom stereocenters. The highest BCUT2D eigenvalue weighted by atomic mass is 16.4. The van der Waals surface area contributed by atoms with Gasteiger partial charge < -0.3 is 20.5 Å². The smallest absolute Gasteiger partial charge is 0.262 e. The summed E-state index contributed by atoms with van der Waals surface area (Å²) in [5, 5.41) is 9.91. The van der Waals surface area contributed by atoms with Crippen LogP contribution in [0.3, 0.4) is 0 Å². The number of nitrogens with two attached hydrogens (primary N) is 1. The van der Waals surface area contributed by atoms with Crippen LogP contribution in [0.4, 0.5) is 0 Å². The molecule has 0 bridgehead atoms. The molecule has 10 nitrogen and oxygen atoms in total. The summed E-state index contributed by atoms with van der Waals surface area (Å²) in [6, 6.07) is 15.4. The Hall–Kier alpha value is -4.60. The first kappa shape index (κ1) is 31.8. The zero-order valence-electron chi connectivity index (χ0n) is 26.6. The summed E-state index contributed by atoms with van der Waals surface area (Å²) in [7, 11) is 0. The molecule has 45 heavy (non-hydrogen) atoms. The Morgan fingerprint density at radius 2 is 1.67 bits per heavy atom. The number of carboxylic acid groups (broad SMARTS) is 1. The number of guanidine groups is 1. The van der Waals surface area contributed by atoms with Crippen LogP contribution in [-0.2, 0) is 34.6 Å². The molecule has 0 spiro atoms. The van der Waals surface area contributed by atoms with Crippen LogP contribution >= 0.6 is 0 Å². The number of rotatable bonds is 6. The number of hydrogen-bond donors (Lipinski definition) is 1. The normalized spacial score (nSPS) is 20.4. The summed E-state index contributed by atoms with van der Waals surface area (Å²) in [6.07, 6.45) is 6.32. The quantitative estimate of drug-likeness (QED) is 0.446. The van der Waals surface area contributed by atoms with E-state index < -0.39 is 16.9 Å². The molecular weight excluding hydrogens is 568 g/mol. The highest BCUT2D eigenvalue weighted by Crippen LogP contribution is 2.45. The molecule has 2 aliphatic heterocycles. The fourth-order valence-corrected chi connectivity index (χ4v) is 5.99. The molecule has 2 aromatic carbocycles. The van der Waals surface area contributed by atoms with Crippen molar-refractivity contribution >= 4 is 23.7 Å². The van der Waals surface area contributed by atoms with E-state index in [2.05, 4.69) is 23.8 Å². The number of aryl methyl sites for hydroxylation is 1.